The summed E-state index contributed by atoms with van der Waals surface area (Å²) in [5.41, 5.74) is 1.01. The summed E-state index contributed by atoms with van der Waals surface area (Å²) in [5, 5.41) is 3.32. The Labute approximate surface area is 123 Å². The van der Waals surface area contributed by atoms with Gasteiger partial charge in [-0.15, -0.1) is 0 Å². The van der Waals surface area contributed by atoms with Crippen LogP contribution in [-0.2, 0) is 16.4 Å². The van der Waals surface area contributed by atoms with Gasteiger partial charge < -0.3 is 10.1 Å². The molecule has 0 aromatic heterocycles. The molecule has 0 radical (unpaired) electrons. The maximum Gasteiger partial charge on any atom is 0.150 e. The van der Waals surface area contributed by atoms with Gasteiger partial charge in [-0.1, -0.05) is 29.8 Å². The molecule has 1 rings (SSSR count). The average molecular weight is 350 g/mol. The highest BCUT2D eigenvalue weighted by molar-refractivity contribution is 9.10. The molecule has 0 saturated heterocycles. The lowest BCUT2D eigenvalue weighted by Crippen LogP contribution is -2.22. The predicted octanol–water partition coefficient (Wildman–Crippen LogP) is 2.37. The highest BCUT2D eigenvalue weighted by atomic mass is 79.9. The SMILES string of the molecule is CC(C)NCc1cc(Br)ccc1OCCS(C)(=O)=O. The van der Waals surface area contributed by atoms with E-state index < -0.39 is 9.84 Å². The lowest BCUT2D eigenvalue weighted by Gasteiger charge is -2.14. The maximum absolute atomic E-state index is 11.1. The average Bonchev–Trinajstić information content (AvgIpc) is 2.27. The summed E-state index contributed by atoms with van der Waals surface area (Å²) < 4.78 is 28.7. The highest BCUT2D eigenvalue weighted by Crippen LogP contribution is 2.23. The molecule has 0 fully saturated rings. The topological polar surface area (TPSA) is 55.4 Å². The summed E-state index contributed by atoms with van der Waals surface area (Å²) in [6, 6.07) is 6.09. The van der Waals surface area contributed by atoms with Gasteiger partial charge in [0.1, 0.15) is 12.4 Å². The molecule has 0 atom stereocenters. The number of benzene rings is 1. The third kappa shape index (κ3) is 6.94. The third-order valence-electron chi connectivity index (χ3n) is 2.43. The molecule has 0 bridgehead atoms. The molecule has 0 aliphatic rings. The molecular formula is C13H20BrNO3S. The van der Waals surface area contributed by atoms with Crippen LogP contribution in [0.1, 0.15) is 19.4 Å². The van der Waals surface area contributed by atoms with Crippen molar-refractivity contribution in [3.63, 3.8) is 0 Å². The Bertz CT molecular complexity index is 515. The van der Waals surface area contributed by atoms with E-state index in [1.807, 2.05) is 18.2 Å². The fourth-order valence-electron chi connectivity index (χ4n) is 1.44. The number of sulfone groups is 1. The summed E-state index contributed by atoms with van der Waals surface area (Å²) in [6.45, 7) is 5.00. The molecule has 0 amide bonds. The first-order valence-electron chi connectivity index (χ1n) is 6.10. The second kappa shape index (κ2) is 7.26. The molecular weight excluding hydrogens is 330 g/mol. The normalized spacial score (nSPS) is 11.8. The summed E-state index contributed by atoms with van der Waals surface area (Å²) >= 11 is 3.42. The van der Waals surface area contributed by atoms with E-state index in [-0.39, 0.29) is 12.4 Å². The molecule has 0 spiro atoms. The Hall–Kier alpha value is -0.590. The number of nitrogens with one attached hydrogen (secondary N) is 1. The van der Waals surface area contributed by atoms with Crippen LogP contribution in [0.25, 0.3) is 0 Å². The van der Waals surface area contributed by atoms with E-state index in [2.05, 4.69) is 35.1 Å². The first-order chi connectivity index (χ1) is 8.78. The van der Waals surface area contributed by atoms with Crippen LogP contribution in [0.2, 0.25) is 0 Å². The molecule has 0 saturated carbocycles. The van der Waals surface area contributed by atoms with Crippen molar-refractivity contribution in [2.75, 3.05) is 18.6 Å². The van der Waals surface area contributed by atoms with Gasteiger partial charge in [-0.25, -0.2) is 8.42 Å². The molecule has 0 heterocycles. The molecule has 0 aliphatic carbocycles. The Balaban J connectivity index is 2.70. The monoisotopic (exact) mass is 349 g/mol. The minimum absolute atomic E-state index is 0.0279. The van der Waals surface area contributed by atoms with Gasteiger partial charge in [-0.2, -0.15) is 0 Å². The van der Waals surface area contributed by atoms with E-state index in [1.54, 1.807) is 0 Å². The van der Waals surface area contributed by atoms with Crippen LogP contribution in [-0.4, -0.2) is 33.1 Å². The molecule has 1 aromatic rings. The largest absolute Gasteiger partial charge is 0.492 e. The van der Waals surface area contributed by atoms with E-state index >= 15 is 0 Å². The third-order valence-corrected chi connectivity index (χ3v) is 3.84. The molecule has 4 nitrogen and oxygen atoms in total. The Kier molecular flexibility index (Phi) is 6.29. The van der Waals surface area contributed by atoms with E-state index in [1.165, 1.54) is 6.26 Å². The van der Waals surface area contributed by atoms with Crippen LogP contribution < -0.4 is 10.1 Å². The fourth-order valence-corrected chi connectivity index (χ4v) is 2.24. The van der Waals surface area contributed by atoms with Crippen LogP contribution in [0.4, 0.5) is 0 Å². The maximum atomic E-state index is 11.1. The van der Waals surface area contributed by atoms with Crippen LogP contribution in [0.15, 0.2) is 22.7 Å². The van der Waals surface area contributed by atoms with Crippen molar-refractivity contribution < 1.29 is 13.2 Å². The van der Waals surface area contributed by atoms with Crippen molar-refractivity contribution in [3.05, 3.63) is 28.2 Å². The molecule has 19 heavy (non-hydrogen) atoms. The number of hydrogen-bond acceptors (Lipinski definition) is 4. The first kappa shape index (κ1) is 16.5. The molecule has 0 unspecified atom stereocenters. The minimum Gasteiger partial charge on any atom is -0.492 e. The van der Waals surface area contributed by atoms with Crippen molar-refractivity contribution >= 4 is 25.8 Å². The summed E-state index contributed by atoms with van der Waals surface area (Å²) in [6.07, 6.45) is 1.21. The van der Waals surface area contributed by atoms with Crippen LogP contribution in [0, 0.1) is 0 Å². The van der Waals surface area contributed by atoms with Gasteiger partial charge in [0, 0.05) is 28.9 Å². The Morgan fingerprint density at radius 1 is 1.37 bits per heavy atom. The van der Waals surface area contributed by atoms with E-state index in [9.17, 15) is 8.42 Å². The van der Waals surface area contributed by atoms with Gasteiger partial charge >= 0.3 is 0 Å². The van der Waals surface area contributed by atoms with E-state index in [4.69, 9.17) is 4.74 Å². The van der Waals surface area contributed by atoms with Crippen LogP contribution in [0.5, 0.6) is 5.75 Å². The number of rotatable bonds is 7. The lowest BCUT2D eigenvalue weighted by atomic mass is 10.2. The van der Waals surface area contributed by atoms with Gasteiger partial charge in [0.15, 0.2) is 9.84 Å². The number of ether oxygens (including phenoxy) is 1. The zero-order chi connectivity index (χ0) is 14.5. The van der Waals surface area contributed by atoms with Crippen molar-refractivity contribution in [2.45, 2.75) is 26.4 Å². The van der Waals surface area contributed by atoms with Gasteiger partial charge in [0.2, 0.25) is 0 Å². The standard InChI is InChI=1S/C13H20BrNO3S/c1-10(2)15-9-11-8-12(14)4-5-13(11)18-6-7-19(3,16)17/h4-5,8,10,15H,6-7,9H2,1-3H3. The zero-order valence-electron chi connectivity index (χ0n) is 11.4. The predicted molar refractivity (Wildman–Crippen MR) is 81.3 cm³/mol. The molecule has 108 valence electrons. The molecule has 1 N–H and O–H groups in total. The first-order valence-corrected chi connectivity index (χ1v) is 8.95. The van der Waals surface area contributed by atoms with Crippen LogP contribution >= 0.6 is 15.9 Å². The van der Waals surface area contributed by atoms with Crippen molar-refractivity contribution in [2.24, 2.45) is 0 Å². The van der Waals surface area contributed by atoms with Crippen molar-refractivity contribution in [1.82, 2.24) is 5.32 Å². The van der Waals surface area contributed by atoms with Crippen molar-refractivity contribution in [3.8, 4) is 5.75 Å². The van der Waals surface area contributed by atoms with Crippen LogP contribution in [0.3, 0.4) is 0 Å². The minimum atomic E-state index is -2.99. The molecule has 1 aromatic carbocycles. The van der Waals surface area contributed by atoms with Gasteiger partial charge in [0.05, 0.1) is 5.75 Å². The van der Waals surface area contributed by atoms with Gasteiger partial charge in [0.25, 0.3) is 0 Å². The van der Waals surface area contributed by atoms with Gasteiger partial charge in [-0.05, 0) is 18.2 Å². The Morgan fingerprint density at radius 3 is 2.63 bits per heavy atom. The summed E-state index contributed by atoms with van der Waals surface area (Å²) in [4.78, 5) is 0. The quantitative estimate of drug-likeness (QED) is 0.820. The number of hydrogen-bond donors (Lipinski definition) is 1. The second-order valence-corrected chi connectivity index (χ2v) is 7.94. The molecule has 6 heteroatoms. The zero-order valence-corrected chi connectivity index (χ0v) is 13.8. The van der Waals surface area contributed by atoms with Gasteiger partial charge in [-0.3, -0.25) is 0 Å². The van der Waals surface area contributed by atoms with Crippen molar-refractivity contribution in [1.29, 1.82) is 0 Å². The number of halogens is 1. The summed E-state index contributed by atoms with van der Waals surface area (Å²) in [7, 11) is -2.99. The second-order valence-electron chi connectivity index (χ2n) is 4.77. The van der Waals surface area contributed by atoms with E-state index in [0.29, 0.717) is 12.6 Å². The van der Waals surface area contributed by atoms with E-state index in [0.717, 1.165) is 15.8 Å². The summed E-state index contributed by atoms with van der Waals surface area (Å²) in [5.74, 6) is 0.750. The Morgan fingerprint density at radius 2 is 2.05 bits per heavy atom. The highest BCUT2D eigenvalue weighted by Gasteiger charge is 2.07. The smallest absolute Gasteiger partial charge is 0.150 e. The lowest BCUT2D eigenvalue weighted by molar-refractivity contribution is 0.336. The fraction of sp³-hybridized carbons (Fsp3) is 0.538. The molecule has 0 aliphatic heterocycles.